The zero-order valence-electron chi connectivity index (χ0n) is 32.0. The van der Waals surface area contributed by atoms with Crippen molar-refractivity contribution in [3.05, 3.63) is 0 Å². The normalized spacial score (nSPS) is 27.5. The molecule has 0 bridgehead atoms. The highest BCUT2D eigenvalue weighted by Gasteiger charge is 2.47. The van der Waals surface area contributed by atoms with E-state index >= 15 is 0 Å². The zero-order valence-corrected chi connectivity index (χ0v) is 32.0. The summed E-state index contributed by atoms with van der Waals surface area (Å²) in [6, 6.07) is 0. The molecule has 0 aliphatic carbocycles. The molecule has 46 heavy (non-hydrogen) atoms. The molecule has 3 aliphatic rings. The highest BCUT2D eigenvalue weighted by molar-refractivity contribution is 5.81. The van der Waals surface area contributed by atoms with Crippen molar-refractivity contribution in [1.29, 1.82) is 0 Å². The minimum atomic E-state index is -0.788. The second-order valence-corrected chi connectivity index (χ2v) is 18.5. The topological polar surface area (TPSA) is 88.6 Å². The van der Waals surface area contributed by atoms with E-state index in [2.05, 4.69) is 119 Å². The summed E-state index contributed by atoms with van der Waals surface area (Å²) in [5.74, 6) is -1.98. The lowest BCUT2D eigenvalue weighted by atomic mass is 9.78. The SMILES string of the molecule is CN1C(C)(C)CC(OC(=O)CCC(CC(=O)OC2CC(C)(C)N(C)C(C)(C)C2)C(=O)OC2CC(C)(C)N(C)C(C)(C)C2)CC1(C)C. The fourth-order valence-corrected chi connectivity index (χ4v) is 8.62. The van der Waals surface area contributed by atoms with Crippen LogP contribution in [0.15, 0.2) is 0 Å². The molecule has 0 amide bonds. The van der Waals surface area contributed by atoms with Gasteiger partial charge in [0.2, 0.25) is 0 Å². The van der Waals surface area contributed by atoms with Gasteiger partial charge in [0.15, 0.2) is 0 Å². The van der Waals surface area contributed by atoms with E-state index in [-0.39, 0.29) is 76.8 Å². The summed E-state index contributed by atoms with van der Waals surface area (Å²) in [7, 11) is 6.34. The fourth-order valence-electron chi connectivity index (χ4n) is 8.62. The van der Waals surface area contributed by atoms with Crippen LogP contribution in [0.2, 0.25) is 0 Å². The summed E-state index contributed by atoms with van der Waals surface area (Å²) in [6.07, 6.45) is 3.65. The molecule has 0 spiro atoms. The fraction of sp³-hybridized carbons (Fsp3) is 0.919. The molecular weight excluding hydrogens is 582 g/mol. The number of esters is 3. The van der Waals surface area contributed by atoms with E-state index in [1.165, 1.54) is 0 Å². The Morgan fingerprint density at radius 1 is 0.522 bits per heavy atom. The molecule has 0 aromatic heterocycles. The Bertz CT molecular complexity index is 1070. The number of carbonyl (C=O) groups excluding carboxylic acids is 3. The number of hydrogen-bond donors (Lipinski definition) is 0. The van der Waals surface area contributed by atoms with Crippen LogP contribution in [0.1, 0.15) is 141 Å². The molecule has 0 saturated carbocycles. The summed E-state index contributed by atoms with van der Waals surface area (Å²) in [4.78, 5) is 47.5. The summed E-state index contributed by atoms with van der Waals surface area (Å²) < 4.78 is 18.2. The van der Waals surface area contributed by atoms with Crippen LogP contribution in [0.3, 0.4) is 0 Å². The van der Waals surface area contributed by atoms with Crippen molar-refractivity contribution >= 4 is 17.9 Å². The number of ether oxygens (including phenoxy) is 3. The Balaban J connectivity index is 1.71. The summed E-state index contributed by atoms with van der Waals surface area (Å²) in [6.45, 7) is 26.0. The van der Waals surface area contributed by atoms with Crippen molar-refractivity contribution in [1.82, 2.24) is 14.7 Å². The first-order valence-electron chi connectivity index (χ1n) is 17.5. The van der Waals surface area contributed by atoms with Gasteiger partial charge in [-0.3, -0.25) is 29.1 Å². The number of hydrogen-bond acceptors (Lipinski definition) is 9. The Hall–Kier alpha value is -1.71. The van der Waals surface area contributed by atoms with Gasteiger partial charge in [-0.1, -0.05) is 0 Å². The third kappa shape index (κ3) is 9.04. The lowest BCUT2D eigenvalue weighted by Gasteiger charge is -2.53. The molecule has 3 saturated heterocycles. The van der Waals surface area contributed by atoms with E-state index in [1.807, 2.05) is 0 Å². The number of rotatable bonds is 9. The van der Waals surface area contributed by atoms with E-state index in [1.54, 1.807) is 0 Å². The third-order valence-corrected chi connectivity index (χ3v) is 12.1. The van der Waals surface area contributed by atoms with Crippen molar-refractivity contribution in [3.8, 4) is 0 Å². The molecule has 266 valence electrons. The first-order chi connectivity index (χ1) is 20.7. The van der Waals surface area contributed by atoms with E-state index in [9.17, 15) is 14.4 Å². The largest absolute Gasteiger partial charge is 0.462 e. The second kappa shape index (κ2) is 13.3. The Morgan fingerprint density at radius 2 is 0.804 bits per heavy atom. The van der Waals surface area contributed by atoms with Crippen LogP contribution in [0.4, 0.5) is 0 Å². The number of nitrogens with zero attached hydrogens (tertiary/aromatic N) is 3. The number of piperidine rings is 3. The van der Waals surface area contributed by atoms with Gasteiger partial charge in [0.1, 0.15) is 18.3 Å². The second-order valence-electron chi connectivity index (χ2n) is 18.5. The Labute approximate surface area is 280 Å². The molecule has 3 heterocycles. The van der Waals surface area contributed by atoms with Crippen LogP contribution in [0, 0.1) is 5.92 Å². The van der Waals surface area contributed by atoms with Gasteiger partial charge in [0, 0.05) is 78.2 Å². The molecule has 0 radical (unpaired) electrons. The molecule has 0 aromatic rings. The summed E-state index contributed by atoms with van der Waals surface area (Å²) >= 11 is 0. The van der Waals surface area contributed by atoms with Crippen LogP contribution < -0.4 is 0 Å². The molecule has 0 N–H and O–H groups in total. The molecule has 3 aliphatic heterocycles. The maximum Gasteiger partial charge on any atom is 0.309 e. The quantitative estimate of drug-likeness (QED) is 0.209. The average molecular weight is 650 g/mol. The van der Waals surface area contributed by atoms with Gasteiger partial charge in [0.25, 0.3) is 0 Å². The smallest absolute Gasteiger partial charge is 0.309 e. The zero-order chi connectivity index (χ0) is 35.3. The minimum absolute atomic E-state index is 0.0406. The maximum atomic E-state index is 13.8. The van der Waals surface area contributed by atoms with Gasteiger partial charge in [-0.05, 0) is 111 Å². The van der Waals surface area contributed by atoms with Crippen LogP contribution in [0.25, 0.3) is 0 Å². The van der Waals surface area contributed by atoms with Gasteiger partial charge in [0.05, 0.1) is 12.3 Å². The lowest BCUT2D eigenvalue weighted by Crippen LogP contribution is -2.60. The van der Waals surface area contributed by atoms with Crippen LogP contribution in [-0.2, 0) is 28.6 Å². The van der Waals surface area contributed by atoms with Gasteiger partial charge < -0.3 is 14.2 Å². The molecule has 1 atom stereocenters. The highest BCUT2D eigenvalue weighted by Crippen LogP contribution is 2.41. The predicted molar refractivity (Wildman–Crippen MR) is 182 cm³/mol. The Morgan fingerprint density at radius 3 is 1.13 bits per heavy atom. The molecule has 3 fully saturated rings. The standard InChI is InChI=1S/C37H67N3O6/c1-32(2)19-26(20-33(3,4)38(32)13)44-29(41)17-16-25(31(43)46-28-23-36(9,10)40(15)37(11,12)24-28)18-30(42)45-27-21-34(5,6)39(14)35(7,8)22-27/h25-28H,16-24H2,1-15H3. The summed E-state index contributed by atoms with van der Waals surface area (Å²) in [5.41, 5.74) is -0.827. The molecule has 9 nitrogen and oxygen atoms in total. The molecule has 9 heteroatoms. The van der Waals surface area contributed by atoms with Gasteiger partial charge >= 0.3 is 17.9 Å². The average Bonchev–Trinajstić information content (AvgIpc) is 2.85. The van der Waals surface area contributed by atoms with Crippen molar-refractivity contribution in [3.63, 3.8) is 0 Å². The van der Waals surface area contributed by atoms with E-state index < -0.39 is 17.9 Å². The van der Waals surface area contributed by atoms with Gasteiger partial charge in [-0.15, -0.1) is 0 Å². The monoisotopic (exact) mass is 650 g/mol. The minimum Gasteiger partial charge on any atom is -0.462 e. The van der Waals surface area contributed by atoms with Crippen LogP contribution >= 0.6 is 0 Å². The number of carbonyl (C=O) groups is 3. The van der Waals surface area contributed by atoms with E-state index in [0.29, 0.717) is 25.7 Å². The lowest BCUT2D eigenvalue weighted by molar-refractivity contribution is -0.171. The highest BCUT2D eigenvalue weighted by atomic mass is 16.6. The van der Waals surface area contributed by atoms with Crippen molar-refractivity contribution < 1.29 is 28.6 Å². The van der Waals surface area contributed by atoms with Gasteiger partial charge in [-0.25, -0.2) is 0 Å². The van der Waals surface area contributed by atoms with Crippen LogP contribution in [0.5, 0.6) is 0 Å². The van der Waals surface area contributed by atoms with E-state index in [4.69, 9.17) is 14.2 Å². The molecular formula is C37H67N3O6. The first-order valence-corrected chi connectivity index (χ1v) is 17.5. The number of likely N-dealkylation sites (tertiary alicyclic amines) is 3. The molecule has 0 aromatic carbocycles. The predicted octanol–water partition coefficient (Wildman–Crippen LogP) is 6.36. The van der Waals surface area contributed by atoms with Crippen molar-refractivity contribution in [2.45, 2.75) is 192 Å². The van der Waals surface area contributed by atoms with Crippen molar-refractivity contribution in [2.24, 2.45) is 5.92 Å². The molecule has 1 unspecified atom stereocenters. The Kier molecular flexibility index (Phi) is 11.2. The summed E-state index contributed by atoms with van der Waals surface area (Å²) in [5, 5.41) is 0. The maximum absolute atomic E-state index is 13.8. The molecule has 3 rings (SSSR count). The van der Waals surface area contributed by atoms with Crippen LogP contribution in [-0.4, -0.2) is 105 Å². The van der Waals surface area contributed by atoms with Crippen molar-refractivity contribution in [2.75, 3.05) is 21.1 Å². The van der Waals surface area contributed by atoms with E-state index in [0.717, 1.165) is 12.8 Å². The van der Waals surface area contributed by atoms with Gasteiger partial charge in [-0.2, -0.15) is 0 Å². The third-order valence-electron chi connectivity index (χ3n) is 12.1. The first kappa shape index (κ1) is 38.7.